The number of hydrogen-bond donors (Lipinski definition) is 2. The van der Waals surface area contributed by atoms with E-state index in [9.17, 15) is 9.59 Å². The van der Waals surface area contributed by atoms with Crippen LogP contribution in [0.15, 0.2) is 78.9 Å². The second-order valence-electron chi connectivity index (χ2n) is 7.92. The van der Waals surface area contributed by atoms with Gasteiger partial charge in [-0.2, -0.15) is 0 Å². The van der Waals surface area contributed by atoms with E-state index in [-0.39, 0.29) is 18.4 Å². The lowest BCUT2D eigenvalue weighted by Crippen LogP contribution is -2.40. The van der Waals surface area contributed by atoms with Gasteiger partial charge in [-0.3, -0.25) is 9.59 Å². The van der Waals surface area contributed by atoms with Crippen molar-refractivity contribution in [3.05, 3.63) is 84.4 Å². The summed E-state index contributed by atoms with van der Waals surface area (Å²) in [5.74, 6) is 1.19. The molecule has 4 rings (SSSR count). The molecule has 0 aliphatic carbocycles. The largest absolute Gasteiger partial charge is 0.490 e. The SMILES string of the molecule is O=C(CNc1cccc(C(=O)N2CCOCC2)c1)Nc1cccc(OCCOc2ccccc2)c1. The minimum absolute atomic E-state index is 0.0348. The zero-order valence-corrected chi connectivity index (χ0v) is 19.4. The van der Waals surface area contributed by atoms with Crippen molar-refractivity contribution < 1.29 is 23.8 Å². The fourth-order valence-electron chi connectivity index (χ4n) is 3.60. The van der Waals surface area contributed by atoms with E-state index < -0.39 is 0 Å². The molecule has 1 saturated heterocycles. The number of nitrogens with one attached hydrogen (secondary N) is 2. The Labute approximate surface area is 204 Å². The molecule has 2 N–H and O–H groups in total. The summed E-state index contributed by atoms with van der Waals surface area (Å²) in [7, 11) is 0. The van der Waals surface area contributed by atoms with Gasteiger partial charge in [0.1, 0.15) is 24.7 Å². The van der Waals surface area contributed by atoms with Crippen LogP contribution in [0, 0.1) is 0 Å². The zero-order chi connectivity index (χ0) is 24.3. The molecule has 0 aromatic heterocycles. The molecule has 0 unspecified atom stereocenters. The van der Waals surface area contributed by atoms with Gasteiger partial charge in [0.05, 0.1) is 19.8 Å². The van der Waals surface area contributed by atoms with Crippen LogP contribution in [0.5, 0.6) is 11.5 Å². The van der Waals surface area contributed by atoms with E-state index in [4.69, 9.17) is 14.2 Å². The Balaban J connectivity index is 1.22. The molecular weight excluding hydrogens is 446 g/mol. The number of carbonyl (C=O) groups is 2. The van der Waals surface area contributed by atoms with E-state index >= 15 is 0 Å². The van der Waals surface area contributed by atoms with Crippen molar-refractivity contribution in [2.45, 2.75) is 0 Å². The Morgan fingerprint density at radius 1 is 0.800 bits per heavy atom. The van der Waals surface area contributed by atoms with Crippen molar-refractivity contribution in [3.8, 4) is 11.5 Å². The molecule has 2 amide bonds. The van der Waals surface area contributed by atoms with Crippen LogP contribution in [-0.2, 0) is 9.53 Å². The summed E-state index contributed by atoms with van der Waals surface area (Å²) in [6.45, 7) is 3.13. The molecule has 0 bridgehead atoms. The topological polar surface area (TPSA) is 89.1 Å². The summed E-state index contributed by atoms with van der Waals surface area (Å²) in [4.78, 5) is 26.9. The molecule has 3 aromatic carbocycles. The van der Waals surface area contributed by atoms with Gasteiger partial charge < -0.3 is 29.7 Å². The molecule has 0 radical (unpaired) electrons. The van der Waals surface area contributed by atoms with Gasteiger partial charge in [0.25, 0.3) is 5.91 Å². The average Bonchev–Trinajstić information content (AvgIpc) is 2.91. The predicted molar refractivity (Wildman–Crippen MR) is 134 cm³/mol. The standard InChI is InChI=1S/C27H29N3O5/c31-26(20-28-22-7-4-6-21(18-22)27(32)30-12-14-33-15-13-30)29-23-8-5-11-25(19-23)35-17-16-34-24-9-2-1-3-10-24/h1-11,18-19,28H,12-17,20H2,(H,29,31). The van der Waals surface area contributed by atoms with Gasteiger partial charge in [0.2, 0.25) is 5.91 Å². The van der Waals surface area contributed by atoms with E-state index in [2.05, 4.69) is 10.6 Å². The van der Waals surface area contributed by atoms with Gasteiger partial charge in [0.15, 0.2) is 0 Å². The van der Waals surface area contributed by atoms with Crippen LogP contribution < -0.4 is 20.1 Å². The van der Waals surface area contributed by atoms with Crippen molar-refractivity contribution in [1.82, 2.24) is 4.90 Å². The minimum Gasteiger partial charge on any atom is -0.490 e. The normalized spacial score (nSPS) is 13.1. The van der Waals surface area contributed by atoms with E-state index in [0.29, 0.717) is 62.2 Å². The lowest BCUT2D eigenvalue weighted by Gasteiger charge is -2.27. The third kappa shape index (κ3) is 7.48. The maximum atomic E-state index is 12.7. The second-order valence-corrected chi connectivity index (χ2v) is 7.92. The van der Waals surface area contributed by atoms with E-state index in [1.54, 1.807) is 35.2 Å². The van der Waals surface area contributed by atoms with Crippen LogP contribution in [0.25, 0.3) is 0 Å². The van der Waals surface area contributed by atoms with Crippen LogP contribution >= 0.6 is 0 Å². The molecular formula is C27H29N3O5. The molecule has 0 atom stereocenters. The Hall–Kier alpha value is -4.04. The van der Waals surface area contributed by atoms with Crippen LogP contribution in [0.3, 0.4) is 0 Å². The summed E-state index contributed by atoms with van der Waals surface area (Å²) in [5.41, 5.74) is 1.92. The lowest BCUT2D eigenvalue weighted by atomic mass is 10.1. The molecule has 0 spiro atoms. The van der Waals surface area contributed by atoms with Gasteiger partial charge in [-0.25, -0.2) is 0 Å². The van der Waals surface area contributed by atoms with Gasteiger partial charge in [0, 0.05) is 36.1 Å². The fraction of sp³-hybridized carbons (Fsp3) is 0.259. The summed E-state index contributed by atoms with van der Waals surface area (Å²) >= 11 is 0. The van der Waals surface area contributed by atoms with E-state index in [1.165, 1.54) is 0 Å². The maximum Gasteiger partial charge on any atom is 0.254 e. The molecule has 0 saturated carbocycles. The number of carbonyl (C=O) groups excluding carboxylic acids is 2. The highest BCUT2D eigenvalue weighted by molar-refractivity contribution is 5.96. The average molecular weight is 476 g/mol. The van der Waals surface area contributed by atoms with Crippen LogP contribution in [0.2, 0.25) is 0 Å². The van der Waals surface area contributed by atoms with Crippen molar-refractivity contribution in [3.63, 3.8) is 0 Å². The van der Waals surface area contributed by atoms with Crippen molar-refractivity contribution in [2.75, 3.05) is 56.7 Å². The summed E-state index contributed by atoms with van der Waals surface area (Å²) < 4.78 is 16.7. The quantitative estimate of drug-likeness (QED) is 0.435. The number of benzene rings is 3. The number of amides is 2. The third-order valence-electron chi connectivity index (χ3n) is 5.34. The molecule has 8 heteroatoms. The first-order valence-electron chi connectivity index (χ1n) is 11.6. The van der Waals surface area contributed by atoms with Gasteiger partial charge in [-0.1, -0.05) is 30.3 Å². The number of hydrogen-bond acceptors (Lipinski definition) is 6. The van der Waals surface area contributed by atoms with Gasteiger partial charge in [-0.05, 0) is 42.5 Å². The first kappa shape index (κ1) is 24.1. The predicted octanol–water partition coefficient (Wildman–Crippen LogP) is 3.67. The number of para-hydroxylation sites is 1. The van der Waals surface area contributed by atoms with Crippen LogP contribution in [0.1, 0.15) is 10.4 Å². The van der Waals surface area contributed by atoms with Gasteiger partial charge in [-0.15, -0.1) is 0 Å². The fourth-order valence-corrected chi connectivity index (χ4v) is 3.60. The second kappa shape index (κ2) is 12.4. The summed E-state index contributed by atoms with van der Waals surface area (Å²) in [6, 6.07) is 23.9. The molecule has 1 heterocycles. The minimum atomic E-state index is -0.209. The Morgan fingerprint density at radius 3 is 2.29 bits per heavy atom. The zero-order valence-electron chi connectivity index (χ0n) is 19.4. The first-order valence-corrected chi connectivity index (χ1v) is 11.6. The van der Waals surface area contributed by atoms with Crippen LogP contribution in [0.4, 0.5) is 11.4 Å². The highest BCUT2D eigenvalue weighted by atomic mass is 16.5. The molecule has 182 valence electrons. The number of anilines is 2. The van der Waals surface area contributed by atoms with Gasteiger partial charge >= 0.3 is 0 Å². The highest BCUT2D eigenvalue weighted by Crippen LogP contribution is 2.18. The molecule has 8 nitrogen and oxygen atoms in total. The van der Waals surface area contributed by atoms with Crippen molar-refractivity contribution >= 4 is 23.2 Å². The highest BCUT2D eigenvalue weighted by Gasteiger charge is 2.18. The number of morpholine rings is 1. The number of ether oxygens (including phenoxy) is 3. The van der Waals surface area contributed by atoms with E-state index in [0.717, 1.165) is 5.75 Å². The van der Waals surface area contributed by atoms with E-state index in [1.807, 2.05) is 48.5 Å². The lowest BCUT2D eigenvalue weighted by molar-refractivity contribution is -0.114. The smallest absolute Gasteiger partial charge is 0.254 e. The molecule has 35 heavy (non-hydrogen) atoms. The van der Waals surface area contributed by atoms with Crippen molar-refractivity contribution in [1.29, 1.82) is 0 Å². The molecule has 1 aliphatic heterocycles. The Kier molecular flexibility index (Phi) is 8.56. The molecule has 3 aromatic rings. The molecule has 1 aliphatic rings. The first-order chi connectivity index (χ1) is 17.2. The number of nitrogens with zero attached hydrogens (tertiary/aromatic N) is 1. The monoisotopic (exact) mass is 475 g/mol. The van der Waals surface area contributed by atoms with Crippen LogP contribution in [-0.4, -0.2) is 62.8 Å². The third-order valence-corrected chi connectivity index (χ3v) is 5.34. The van der Waals surface area contributed by atoms with Crippen molar-refractivity contribution in [2.24, 2.45) is 0 Å². The maximum absolute atomic E-state index is 12.7. The summed E-state index contributed by atoms with van der Waals surface area (Å²) in [5, 5.41) is 5.94. The Morgan fingerprint density at radius 2 is 1.49 bits per heavy atom. The Bertz CT molecular complexity index is 1120. The number of rotatable bonds is 10. The molecule has 1 fully saturated rings. The summed E-state index contributed by atoms with van der Waals surface area (Å²) in [6.07, 6.45) is 0.